The van der Waals surface area contributed by atoms with E-state index in [1.807, 2.05) is 0 Å². The summed E-state index contributed by atoms with van der Waals surface area (Å²) in [5.74, 6) is -1.20. The highest BCUT2D eigenvalue weighted by atomic mass is 79.9. The zero-order chi connectivity index (χ0) is 12.4. The van der Waals surface area contributed by atoms with E-state index < -0.39 is 17.7 Å². The fourth-order valence-corrected chi connectivity index (χ4v) is 1.95. The number of hydrogen-bond donors (Lipinski definition) is 1. The molecule has 0 radical (unpaired) electrons. The van der Waals surface area contributed by atoms with Crippen LogP contribution in [0.15, 0.2) is 39.6 Å². The van der Waals surface area contributed by atoms with Crippen molar-refractivity contribution in [2.24, 2.45) is 5.73 Å². The van der Waals surface area contributed by atoms with Crippen molar-refractivity contribution in [1.82, 2.24) is 0 Å². The Bertz CT molecular complexity index is 513. The molecule has 1 aromatic heterocycles. The van der Waals surface area contributed by atoms with Gasteiger partial charge in [-0.05, 0) is 40.5 Å². The zero-order valence-electron chi connectivity index (χ0n) is 8.79. The minimum Gasteiger partial charge on any atom is -0.472 e. The lowest BCUT2D eigenvalue weighted by Gasteiger charge is -2.11. The lowest BCUT2D eigenvalue weighted by molar-refractivity contribution is 0.530. The number of nitrogens with two attached hydrogens (primary N) is 1. The van der Waals surface area contributed by atoms with E-state index in [9.17, 15) is 8.78 Å². The summed E-state index contributed by atoms with van der Waals surface area (Å²) in [5.41, 5.74) is 6.54. The van der Waals surface area contributed by atoms with Crippen LogP contribution in [-0.4, -0.2) is 0 Å². The molecular formula is C12H10BrF2NO. The summed E-state index contributed by atoms with van der Waals surface area (Å²) in [6.45, 7) is 0. The SMILES string of the molecule is NC(Cc1c(F)ccc(Br)c1F)c1ccoc1. The molecule has 17 heavy (non-hydrogen) atoms. The van der Waals surface area contributed by atoms with E-state index in [1.54, 1.807) is 6.07 Å². The van der Waals surface area contributed by atoms with Crippen LogP contribution in [0.2, 0.25) is 0 Å². The van der Waals surface area contributed by atoms with E-state index in [2.05, 4.69) is 15.9 Å². The van der Waals surface area contributed by atoms with Crippen LogP contribution in [0.3, 0.4) is 0 Å². The maximum absolute atomic E-state index is 13.7. The molecule has 5 heteroatoms. The molecular weight excluding hydrogens is 292 g/mol. The quantitative estimate of drug-likeness (QED) is 0.880. The fraction of sp³-hybridized carbons (Fsp3) is 0.167. The van der Waals surface area contributed by atoms with Crippen LogP contribution < -0.4 is 5.73 Å². The summed E-state index contributed by atoms with van der Waals surface area (Å²) in [4.78, 5) is 0. The van der Waals surface area contributed by atoms with Crippen molar-refractivity contribution in [1.29, 1.82) is 0 Å². The Kier molecular flexibility index (Phi) is 3.59. The summed E-state index contributed by atoms with van der Waals surface area (Å²) in [5, 5.41) is 0. The molecule has 0 saturated carbocycles. The van der Waals surface area contributed by atoms with Gasteiger partial charge in [-0.25, -0.2) is 8.78 Å². The predicted octanol–water partition coefficient (Wildman–Crippen LogP) is 3.56. The van der Waals surface area contributed by atoms with Crippen LogP contribution in [0.25, 0.3) is 0 Å². The topological polar surface area (TPSA) is 39.2 Å². The Labute approximate surface area is 106 Å². The average molecular weight is 302 g/mol. The van der Waals surface area contributed by atoms with Gasteiger partial charge in [-0.3, -0.25) is 0 Å². The van der Waals surface area contributed by atoms with E-state index >= 15 is 0 Å². The second kappa shape index (κ2) is 4.98. The molecule has 2 nitrogen and oxygen atoms in total. The highest BCUT2D eigenvalue weighted by molar-refractivity contribution is 9.10. The molecule has 0 aliphatic rings. The number of hydrogen-bond acceptors (Lipinski definition) is 2. The van der Waals surface area contributed by atoms with Gasteiger partial charge in [0.25, 0.3) is 0 Å². The van der Waals surface area contributed by atoms with Crippen LogP contribution in [-0.2, 0) is 6.42 Å². The van der Waals surface area contributed by atoms with Crippen molar-refractivity contribution >= 4 is 15.9 Å². The molecule has 0 aliphatic carbocycles. The molecule has 1 heterocycles. The largest absolute Gasteiger partial charge is 0.472 e. The molecule has 2 aromatic rings. The van der Waals surface area contributed by atoms with Crippen molar-refractivity contribution in [2.75, 3.05) is 0 Å². The molecule has 1 aromatic carbocycles. The van der Waals surface area contributed by atoms with E-state index in [0.29, 0.717) is 5.56 Å². The Balaban J connectivity index is 2.27. The minimum absolute atomic E-state index is 0.0203. The maximum Gasteiger partial charge on any atom is 0.143 e. The third-order valence-corrected chi connectivity index (χ3v) is 3.15. The standard InChI is InChI=1S/C12H10BrF2NO/c13-9-1-2-10(14)8(12(9)15)5-11(16)7-3-4-17-6-7/h1-4,6,11H,5,16H2. The first-order valence-corrected chi connectivity index (χ1v) is 5.79. The number of rotatable bonds is 3. The molecule has 2 N–H and O–H groups in total. The van der Waals surface area contributed by atoms with Crippen molar-refractivity contribution in [3.63, 3.8) is 0 Å². The van der Waals surface area contributed by atoms with Crippen molar-refractivity contribution in [2.45, 2.75) is 12.5 Å². The smallest absolute Gasteiger partial charge is 0.143 e. The summed E-state index contributed by atoms with van der Waals surface area (Å²) >= 11 is 3.02. The third-order valence-electron chi connectivity index (χ3n) is 2.53. The molecule has 0 amide bonds. The van der Waals surface area contributed by atoms with E-state index in [4.69, 9.17) is 10.2 Å². The Hall–Kier alpha value is -1.20. The Morgan fingerprint density at radius 1 is 1.29 bits per heavy atom. The second-order valence-corrected chi connectivity index (χ2v) is 4.54. The van der Waals surface area contributed by atoms with E-state index in [-0.39, 0.29) is 16.5 Å². The monoisotopic (exact) mass is 301 g/mol. The second-order valence-electron chi connectivity index (χ2n) is 3.69. The van der Waals surface area contributed by atoms with Gasteiger partial charge in [-0.1, -0.05) is 0 Å². The molecule has 0 bridgehead atoms. The highest BCUT2D eigenvalue weighted by Crippen LogP contribution is 2.25. The summed E-state index contributed by atoms with van der Waals surface area (Å²) < 4.78 is 32.3. The molecule has 0 aliphatic heterocycles. The third kappa shape index (κ3) is 2.56. The highest BCUT2D eigenvalue weighted by Gasteiger charge is 2.17. The fourth-order valence-electron chi connectivity index (χ4n) is 1.58. The van der Waals surface area contributed by atoms with Gasteiger partial charge in [0.2, 0.25) is 0 Å². The first kappa shape index (κ1) is 12.3. The lowest BCUT2D eigenvalue weighted by atomic mass is 10.0. The minimum atomic E-state index is -0.607. The van der Waals surface area contributed by atoms with Crippen LogP contribution >= 0.6 is 15.9 Å². The number of halogens is 3. The van der Waals surface area contributed by atoms with Crippen LogP contribution in [0.4, 0.5) is 8.78 Å². The first-order valence-electron chi connectivity index (χ1n) is 4.99. The molecule has 2 rings (SSSR count). The Morgan fingerprint density at radius 3 is 2.71 bits per heavy atom. The van der Waals surface area contributed by atoms with Gasteiger partial charge in [0.1, 0.15) is 11.6 Å². The van der Waals surface area contributed by atoms with E-state index in [1.165, 1.54) is 24.7 Å². The molecule has 0 saturated heterocycles. The van der Waals surface area contributed by atoms with Gasteiger partial charge in [-0.15, -0.1) is 0 Å². The molecule has 90 valence electrons. The zero-order valence-corrected chi connectivity index (χ0v) is 10.4. The van der Waals surface area contributed by atoms with Gasteiger partial charge in [-0.2, -0.15) is 0 Å². The maximum atomic E-state index is 13.7. The van der Waals surface area contributed by atoms with Crippen molar-refractivity contribution < 1.29 is 13.2 Å². The van der Waals surface area contributed by atoms with Crippen molar-refractivity contribution in [3.05, 3.63) is 58.0 Å². The van der Waals surface area contributed by atoms with Crippen LogP contribution in [0.5, 0.6) is 0 Å². The van der Waals surface area contributed by atoms with Gasteiger partial charge >= 0.3 is 0 Å². The van der Waals surface area contributed by atoms with Gasteiger partial charge in [0, 0.05) is 17.2 Å². The van der Waals surface area contributed by atoms with E-state index in [0.717, 1.165) is 0 Å². The Morgan fingerprint density at radius 2 is 2.06 bits per heavy atom. The average Bonchev–Trinajstić information content (AvgIpc) is 2.83. The molecule has 1 unspecified atom stereocenters. The summed E-state index contributed by atoms with van der Waals surface area (Å²) in [6, 6.07) is 3.73. The van der Waals surface area contributed by atoms with Gasteiger partial charge in [0.15, 0.2) is 0 Å². The molecule has 0 spiro atoms. The number of furan rings is 1. The first-order chi connectivity index (χ1) is 8.09. The van der Waals surface area contributed by atoms with Crippen LogP contribution in [0, 0.1) is 11.6 Å². The lowest BCUT2D eigenvalue weighted by Crippen LogP contribution is -2.14. The van der Waals surface area contributed by atoms with Crippen molar-refractivity contribution in [3.8, 4) is 0 Å². The van der Waals surface area contributed by atoms with Gasteiger partial charge in [0.05, 0.1) is 17.0 Å². The molecule has 1 atom stereocenters. The van der Waals surface area contributed by atoms with Crippen LogP contribution in [0.1, 0.15) is 17.2 Å². The predicted molar refractivity (Wildman–Crippen MR) is 63.4 cm³/mol. The number of benzene rings is 1. The normalized spacial score (nSPS) is 12.7. The van der Waals surface area contributed by atoms with Gasteiger partial charge < -0.3 is 10.2 Å². The molecule has 0 fully saturated rings. The summed E-state index contributed by atoms with van der Waals surface area (Å²) in [6.07, 6.45) is 3.03. The summed E-state index contributed by atoms with van der Waals surface area (Å²) in [7, 11) is 0.